The Hall–Kier alpha value is -3.96. The molecule has 4 aliphatic carbocycles. The first-order chi connectivity index (χ1) is 25.4. The first-order valence-electron chi connectivity index (χ1n) is 19.3. The van der Waals surface area contributed by atoms with Crippen LogP contribution in [0.15, 0.2) is 60.7 Å². The number of carbonyl (C=O) groups excluding carboxylic acids is 2. The van der Waals surface area contributed by atoms with E-state index in [-0.39, 0.29) is 36.9 Å². The molecule has 5 aliphatic rings. The fraction of sp³-hybridized carbons (Fsp3) is 0.535. The molecular weight excluding hydrogens is 668 g/mol. The van der Waals surface area contributed by atoms with E-state index in [9.17, 15) is 19.8 Å². The number of hydrogen-bond donors (Lipinski definition) is 4. The van der Waals surface area contributed by atoms with Crippen LogP contribution >= 0.6 is 0 Å². The number of hydrogen-bond acceptors (Lipinski definition) is 8. The Balaban J connectivity index is 1.15. The zero-order chi connectivity index (χ0) is 37.8. The Labute approximate surface area is 313 Å². The summed E-state index contributed by atoms with van der Waals surface area (Å²) < 4.78 is 6.09. The zero-order valence-corrected chi connectivity index (χ0v) is 32.1. The van der Waals surface area contributed by atoms with Crippen LogP contribution in [-0.4, -0.2) is 79.1 Å². The van der Waals surface area contributed by atoms with Gasteiger partial charge in [-0.3, -0.25) is 14.4 Å². The van der Waals surface area contributed by atoms with E-state index in [1.54, 1.807) is 12.2 Å². The monoisotopic (exact) mass is 724 g/mol. The molecule has 0 radical (unpaired) electrons. The second-order valence-electron chi connectivity index (χ2n) is 16.6. The van der Waals surface area contributed by atoms with Gasteiger partial charge in [-0.15, -0.1) is 0 Å². The van der Waals surface area contributed by atoms with E-state index in [4.69, 9.17) is 9.57 Å². The number of methoxy groups -OCH3 is 1. The Morgan fingerprint density at radius 1 is 1.04 bits per heavy atom. The summed E-state index contributed by atoms with van der Waals surface area (Å²) in [5.74, 6) is 1.73. The van der Waals surface area contributed by atoms with Gasteiger partial charge in [0.2, 0.25) is 5.91 Å². The molecule has 10 heteroatoms. The fourth-order valence-electron chi connectivity index (χ4n) is 9.92. The average molecular weight is 725 g/mol. The number of nitrogens with zero attached hydrogens (tertiary/aromatic N) is 2. The summed E-state index contributed by atoms with van der Waals surface area (Å²) in [5, 5.41) is 29.6. The Bertz CT molecular complexity index is 1840. The van der Waals surface area contributed by atoms with Gasteiger partial charge >= 0.3 is 0 Å². The van der Waals surface area contributed by atoms with Crippen molar-refractivity contribution >= 4 is 17.5 Å². The molecule has 2 amide bonds. The van der Waals surface area contributed by atoms with E-state index in [0.717, 1.165) is 39.9 Å². The molecule has 3 aromatic carbocycles. The molecule has 284 valence electrons. The standard InChI is InChI=1S/C43H56N4O6/c1-8-31-37(23-48)53-47(38(31)42(51)44-35-21-29-20-34(24(35)2)43(29,3)4)22-26-13-11-15-33(40(26)52-7)27-16-28(18-30(17-27)46(5)6)41(50)45-36-19-25-12-9-10-14-32(25)39(36)49/h9-18,24,29,31,34-39,48-49H,8,19-23H2,1-7H3,(H,44,51)(H,45,50)/t24-,29+,31-,34-,35-,36+,37-,38-,39-/m0/s1. The number of hydroxylamine groups is 2. The molecule has 3 aromatic rings. The van der Waals surface area contributed by atoms with Crippen LogP contribution in [0, 0.1) is 29.1 Å². The third-order valence-electron chi connectivity index (χ3n) is 13.2. The van der Waals surface area contributed by atoms with E-state index in [1.807, 2.05) is 86.6 Å². The van der Waals surface area contributed by atoms with Crippen LogP contribution < -0.4 is 20.3 Å². The summed E-state index contributed by atoms with van der Waals surface area (Å²) in [5.41, 5.74) is 5.91. The summed E-state index contributed by atoms with van der Waals surface area (Å²) in [6, 6.07) is 18.5. The summed E-state index contributed by atoms with van der Waals surface area (Å²) in [6.07, 6.45) is 2.20. The molecule has 8 rings (SSSR count). The van der Waals surface area contributed by atoms with Crippen molar-refractivity contribution in [3.8, 4) is 16.9 Å². The van der Waals surface area contributed by atoms with E-state index in [0.29, 0.717) is 47.3 Å². The maximum Gasteiger partial charge on any atom is 0.251 e. The van der Waals surface area contributed by atoms with E-state index < -0.39 is 24.3 Å². The van der Waals surface area contributed by atoms with Crippen LogP contribution in [0.2, 0.25) is 0 Å². The van der Waals surface area contributed by atoms with Crippen LogP contribution in [0.3, 0.4) is 0 Å². The van der Waals surface area contributed by atoms with E-state index in [1.165, 1.54) is 6.42 Å². The number of aliphatic hydroxyl groups is 2. The average Bonchev–Trinajstić information content (AvgIpc) is 3.67. The number of carbonyl (C=O) groups is 2. The maximum atomic E-state index is 14.2. The molecule has 3 saturated carbocycles. The Kier molecular flexibility index (Phi) is 10.4. The van der Waals surface area contributed by atoms with Crippen molar-refractivity contribution in [2.24, 2.45) is 29.1 Å². The lowest BCUT2D eigenvalue weighted by Crippen LogP contribution is -2.62. The third kappa shape index (κ3) is 6.73. The van der Waals surface area contributed by atoms with Crippen molar-refractivity contribution in [1.29, 1.82) is 0 Å². The lowest BCUT2D eigenvalue weighted by atomic mass is 9.45. The van der Waals surface area contributed by atoms with Crippen molar-refractivity contribution in [3.63, 3.8) is 0 Å². The molecule has 0 spiro atoms. The normalized spacial score (nSPS) is 29.9. The number of benzene rings is 3. The Morgan fingerprint density at radius 3 is 2.47 bits per heavy atom. The highest BCUT2D eigenvalue weighted by Gasteiger charge is 2.57. The van der Waals surface area contributed by atoms with Gasteiger partial charge in [0, 0.05) is 48.4 Å². The minimum absolute atomic E-state index is 0.0521. The van der Waals surface area contributed by atoms with Gasteiger partial charge in [0.25, 0.3) is 5.91 Å². The number of para-hydroxylation sites is 1. The highest BCUT2D eigenvalue weighted by Crippen LogP contribution is 2.61. The number of fused-ring (bicyclic) bond motifs is 3. The number of ether oxygens (including phenoxy) is 1. The number of rotatable bonds is 11. The van der Waals surface area contributed by atoms with Gasteiger partial charge in [-0.25, -0.2) is 0 Å². The number of anilines is 1. The topological polar surface area (TPSA) is 124 Å². The second kappa shape index (κ2) is 14.7. The molecule has 0 aromatic heterocycles. The van der Waals surface area contributed by atoms with Crippen molar-refractivity contribution < 1.29 is 29.4 Å². The molecule has 4 N–H and O–H groups in total. The van der Waals surface area contributed by atoms with Crippen LogP contribution in [0.1, 0.15) is 80.1 Å². The zero-order valence-electron chi connectivity index (χ0n) is 32.1. The largest absolute Gasteiger partial charge is 0.496 e. The smallest absolute Gasteiger partial charge is 0.251 e. The molecule has 1 saturated heterocycles. The molecule has 9 atom stereocenters. The van der Waals surface area contributed by atoms with Gasteiger partial charge < -0.3 is 30.5 Å². The molecule has 10 nitrogen and oxygen atoms in total. The van der Waals surface area contributed by atoms with Crippen molar-refractivity contribution in [3.05, 3.63) is 82.9 Å². The summed E-state index contributed by atoms with van der Waals surface area (Å²) >= 11 is 0. The molecular formula is C43H56N4O6. The maximum absolute atomic E-state index is 14.2. The lowest BCUT2D eigenvalue weighted by molar-refractivity contribution is -0.183. The number of amides is 2. The molecule has 4 fully saturated rings. The molecule has 1 aliphatic heterocycles. The van der Waals surface area contributed by atoms with Crippen LogP contribution in [0.5, 0.6) is 5.75 Å². The quantitative estimate of drug-likeness (QED) is 0.205. The summed E-state index contributed by atoms with van der Waals surface area (Å²) in [4.78, 5) is 36.3. The van der Waals surface area contributed by atoms with Crippen molar-refractivity contribution in [2.45, 2.75) is 90.3 Å². The van der Waals surface area contributed by atoms with Gasteiger partial charge in [-0.1, -0.05) is 70.2 Å². The molecule has 0 unspecified atom stereocenters. The predicted octanol–water partition coefficient (Wildman–Crippen LogP) is 5.51. The minimum atomic E-state index is -0.774. The van der Waals surface area contributed by atoms with Crippen molar-refractivity contribution in [2.75, 3.05) is 32.7 Å². The van der Waals surface area contributed by atoms with E-state index >= 15 is 0 Å². The molecule has 1 heterocycles. The van der Waals surface area contributed by atoms with Crippen molar-refractivity contribution in [1.82, 2.24) is 15.7 Å². The summed E-state index contributed by atoms with van der Waals surface area (Å²) in [6.45, 7) is 9.13. The SMILES string of the molecule is CC[C@H]1[C@H](CO)ON(Cc2cccc(-c3cc(C(=O)N[C@@H]4Cc5ccccc5[C@@H]4O)cc(N(C)C)c3)c2OC)[C@@H]1C(=O)N[C@H]1C[C@H]2C[C@@H]([C@@H]1C)C2(C)C. The lowest BCUT2D eigenvalue weighted by Gasteiger charge is -2.62. The van der Waals surface area contributed by atoms with Gasteiger partial charge in [0.15, 0.2) is 0 Å². The molecule has 2 bridgehead atoms. The fourth-order valence-corrected chi connectivity index (χ4v) is 9.92. The van der Waals surface area contributed by atoms with Crippen LogP contribution in [0.4, 0.5) is 5.69 Å². The van der Waals surface area contributed by atoms with Crippen LogP contribution in [-0.2, 0) is 22.6 Å². The Morgan fingerprint density at radius 2 is 1.81 bits per heavy atom. The van der Waals surface area contributed by atoms with Gasteiger partial charge in [-0.2, -0.15) is 5.06 Å². The second-order valence-corrected chi connectivity index (χ2v) is 16.6. The highest BCUT2D eigenvalue weighted by molar-refractivity contribution is 5.97. The number of aliphatic hydroxyl groups excluding tert-OH is 2. The predicted molar refractivity (Wildman–Crippen MR) is 205 cm³/mol. The third-order valence-corrected chi connectivity index (χ3v) is 13.2. The first-order valence-corrected chi connectivity index (χ1v) is 19.3. The summed E-state index contributed by atoms with van der Waals surface area (Å²) in [7, 11) is 5.49. The number of nitrogens with one attached hydrogen (secondary N) is 2. The molecule has 53 heavy (non-hydrogen) atoms. The highest BCUT2D eigenvalue weighted by atomic mass is 16.7. The van der Waals surface area contributed by atoms with Gasteiger partial charge in [0.1, 0.15) is 17.9 Å². The van der Waals surface area contributed by atoms with E-state index in [2.05, 4.69) is 31.4 Å². The van der Waals surface area contributed by atoms with Crippen LogP contribution in [0.25, 0.3) is 11.1 Å². The van der Waals surface area contributed by atoms with Gasteiger partial charge in [0.05, 0.1) is 32.4 Å². The minimum Gasteiger partial charge on any atom is -0.496 e. The van der Waals surface area contributed by atoms with Gasteiger partial charge in [-0.05, 0) is 83.7 Å². The first kappa shape index (κ1) is 37.4.